The summed E-state index contributed by atoms with van der Waals surface area (Å²) in [7, 11) is 0. The Hall–Kier alpha value is -3.08. The van der Waals surface area contributed by atoms with E-state index in [0.29, 0.717) is 6.61 Å². The molecule has 0 aliphatic heterocycles. The maximum atomic E-state index is 5.45. The van der Waals surface area contributed by atoms with Crippen molar-refractivity contribution in [2.24, 2.45) is 0 Å². The summed E-state index contributed by atoms with van der Waals surface area (Å²) in [5.74, 6) is 2.37. The third kappa shape index (κ3) is 4.70. The molecule has 3 aromatic rings. The number of nitrogens with zero attached hydrogens (tertiary/aromatic N) is 2. The molecule has 1 aromatic heterocycles. The van der Waals surface area contributed by atoms with Crippen LogP contribution in [0.15, 0.2) is 67.0 Å². The van der Waals surface area contributed by atoms with Crippen LogP contribution in [0.25, 0.3) is 0 Å². The van der Waals surface area contributed by atoms with E-state index in [1.165, 1.54) is 5.56 Å². The zero-order valence-corrected chi connectivity index (χ0v) is 14.4. The van der Waals surface area contributed by atoms with Crippen LogP contribution in [-0.2, 0) is 0 Å². The van der Waals surface area contributed by atoms with Gasteiger partial charge >= 0.3 is 0 Å². The van der Waals surface area contributed by atoms with E-state index in [2.05, 4.69) is 39.7 Å². The van der Waals surface area contributed by atoms with E-state index in [-0.39, 0.29) is 6.04 Å². The zero-order valence-electron chi connectivity index (χ0n) is 14.4. The van der Waals surface area contributed by atoms with E-state index in [1.807, 2.05) is 55.5 Å². The molecule has 3 rings (SSSR count). The van der Waals surface area contributed by atoms with Gasteiger partial charge in [0.25, 0.3) is 0 Å². The number of aromatic nitrogens is 2. The lowest BCUT2D eigenvalue weighted by molar-refractivity contribution is 0.340. The minimum absolute atomic E-state index is 0.162. The molecular weight excluding hydrogens is 312 g/mol. The molecule has 0 aliphatic carbocycles. The largest absolute Gasteiger partial charge is 0.494 e. The molecule has 5 nitrogen and oxygen atoms in total. The van der Waals surface area contributed by atoms with Crippen LogP contribution in [-0.4, -0.2) is 16.6 Å². The van der Waals surface area contributed by atoms with Gasteiger partial charge in [-0.05, 0) is 43.7 Å². The molecule has 1 atom stereocenters. The Labute approximate surface area is 148 Å². The van der Waals surface area contributed by atoms with E-state index in [4.69, 9.17) is 4.74 Å². The zero-order chi connectivity index (χ0) is 17.5. The molecule has 0 saturated carbocycles. The Morgan fingerprint density at radius 1 is 0.960 bits per heavy atom. The summed E-state index contributed by atoms with van der Waals surface area (Å²) in [5.41, 5.74) is 2.16. The lowest BCUT2D eigenvalue weighted by Gasteiger charge is -2.15. The molecule has 5 heteroatoms. The summed E-state index contributed by atoms with van der Waals surface area (Å²) in [6.07, 6.45) is 1.55. The highest BCUT2D eigenvalue weighted by Gasteiger charge is 2.06. The first-order valence-corrected chi connectivity index (χ1v) is 8.38. The lowest BCUT2D eigenvalue weighted by Crippen LogP contribution is -2.08. The molecular formula is C20H22N4O. The standard InChI is InChI=1S/C20H22N4O/c1-3-25-18-11-9-17(10-12-18)24-20-13-19(21-14-22-20)23-15(2)16-7-5-4-6-8-16/h4-15H,3H2,1-2H3,(H2,21,22,23,24). The van der Waals surface area contributed by atoms with Crippen LogP contribution in [0.1, 0.15) is 25.5 Å². The topological polar surface area (TPSA) is 59.1 Å². The first-order valence-electron chi connectivity index (χ1n) is 8.38. The summed E-state index contributed by atoms with van der Waals surface area (Å²) in [5, 5.41) is 6.68. The van der Waals surface area contributed by atoms with Crippen LogP contribution in [0.3, 0.4) is 0 Å². The van der Waals surface area contributed by atoms with E-state index >= 15 is 0 Å². The van der Waals surface area contributed by atoms with Crippen molar-refractivity contribution in [2.75, 3.05) is 17.2 Å². The molecule has 0 amide bonds. The van der Waals surface area contributed by atoms with Crippen LogP contribution < -0.4 is 15.4 Å². The highest BCUT2D eigenvalue weighted by atomic mass is 16.5. The van der Waals surface area contributed by atoms with Crippen LogP contribution in [0.2, 0.25) is 0 Å². The van der Waals surface area contributed by atoms with Crippen molar-refractivity contribution < 1.29 is 4.74 Å². The fraction of sp³-hybridized carbons (Fsp3) is 0.200. The molecule has 0 radical (unpaired) electrons. The number of benzene rings is 2. The fourth-order valence-electron chi connectivity index (χ4n) is 2.50. The van der Waals surface area contributed by atoms with Gasteiger partial charge in [-0.1, -0.05) is 30.3 Å². The van der Waals surface area contributed by atoms with E-state index in [0.717, 1.165) is 23.1 Å². The van der Waals surface area contributed by atoms with Gasteiger partial charge in [0.2, 0.25) is 0 Å². The van der Waals surface area contributed by atoms with Gasteiger partial charge in [0.1, 0.15) is 23.7 Å². The number of anilines is 3. The van der Waals surface area contributed by atoms with Crippen molar-refractivity contribution in [2.45, 2.75) is 19.9 Å². The third-order valence-electron chi connectivity index (χ3n) is 3.77. The quantitative estimate of drug-likeness (QED) is 0.650. The summed E-state index contributed by atoms with van der Waals surface area (Å²) in [6.45, 7) is 4.74. The second-order valence-electron chi connectivity index (χ2n) is 5.65. The van der Waals surface area contributed by atoms with Gasteiger partial charge in [0, 0.05) is 17.8 Å². The molecule has 0 fully saturated rings. The van der Waals surface area contributed by atoms with Gasteiger partial charge in [-0.25, -0.2) is 9.97 Å². The van der Waals surface area contributed by atoms with Gasteiger partial charge in [0.15, 0.2) is 0 Å². The Kier molecular flexibility index (Phi) is 5.46. The fourth-order valence-corrected chi connectivity index (χ4v) is 2.50. The van der Waals surface area contributed by atoms with Crippen LogP contribution >= 0.6 is 0 Å². The molecule has 128 valence electrons. The normalized spacial score (nSPS) is 11.6. The molecule has 0 spiro atoms. The van der Waals surface area contributed by atoms with Gasteiger partial charge in [-0.15, -0.1) is 0 Å². The van der Waals surface area contributed by atoms with Gasteiger partial charge in [0.05, 0.1) is 6.61 Å². The van der Waals surface area contributed by atoms with Crippen molar-refractivity contribution in [3.8, 4) is 5.75 Å². The summed E-state index contributed by atoms with van der Waals surface area (Å²) >= 11 is 0. The number of ether oxygens (including phenoxy) is 1. The molecule has 1 unspecified atom stereocenters. The highest BCUT2D eigenvalue weighted by molar-refractivity contribution is 5.59. The smallest absolute Gasteiger partial charge is 0.135 e. The molecule has 0 aliphatic rings. The van der Waals surface area contributed by atoms with Gasteiger partial charge in [-0.2, -0.15) is 0 Å². The SMILES string of the molecule is CCOc1ccc(Nc2cc(NC(C)c3ccccc3)ncn2)cc1. The minimum atomic E-state index is 0.162. The van der Waals surface area contributed by atoms with Crippen LogP contribution in [0.4, 0.5) is 17.3 Å². The molecule has 0 saturated heterocycles. The second-order valence-corrected chi connectivity index (χ2v) is 5.65. The monoisotopic (exact) mass is 334 g/mol. The number of hydrogen-bond donors (Lipinski definition) is 2. The van der Waals surface area contributed by atoms with Crippen molar-refractivity contribution >= 4 is 17.3 Å². The van der Waals surface area contributed by atoms with Crippen molar-refractivity contribution in [1.82, 2.24) is 9.97 Å². The molecule has 2 N–H and O–H groups in total. The molecule has 2 aromatic carbocycles. The predicted molar refractivity (Wildman–Crippen MR) is 101 cm³/mol. The highest BCUT2D eigenvalue weighted by Crippen LogP contribution is 2.22. The van der Waals surface area contributed by atoms with Crippen molar-refractivity contribution in [3.05, 3.63) is 72.6 Å². The van der Waals surface area contributed by atoms with Crippen molar-refractivity contribution in [1.29, 1.82) is 0 Å². The summed E-state index contributed by atoms with van der Waals surface area (Å²) in [4.78, 5) is 8.58. The predicted octanol–water partition coefficient (Wildman–Crippen LogP) is 4.79. The average molecular weight is 334 g/mol. The first kappa shape index (κ1) is 16.8. The van der Waals surface area contributed by atoms with E-state index in [9.17, 15) is 0 Å². The van der Waals surface area contributed by atoms with Crippen molar-refractivity contribution in [3.63, 3.8) is 0 Å². The Balaban J connectivity index is 1.67. The maximum Gasteiger partial charge on any atom is 0.135 e. The average Bonchev–Trinajstić information content (AvgIpc) is 2.65. The third-order valence-corrected chi connectivity index (χ3v) is 3.77. The number of rotatable bonds is 7. The summed E-state index contributed by atoms with van der Waals surface area (Å²) in [6, 6.07) is 20.1. The van der Waals surface area contributed by atoms with Gasteiger partial charge in [-0.3, -0.25) is 0 Å². The number of nitrogens with one attached hydrogen (secondary N) is 2. The van der Waals surface area contributed by atoms with E-state index < -0.39 is 0 Å². The number of hydrogen-bond acceptors (Lipinski definition) is 5. The Bertz CT molecular complexity index is 790. The second kappa shape index (κ2) is 8.15. The lowest BCUT2D eigenvalue weighted by atomic mass is 10.1. The van der Waals surface area contributed by atoms with Gasteiger partial charge < -0.3 is 15.4 Å². The molecule has 1 heterocycles. The summed E-state index contributed by atoms with van der Waals surface area (Å²) < 4.78 is 5.45. The maximum absolute atomic E-state index is 5.45. The molecule has 25 heavy (non-hydrogen) atoms. The minimum Gasteiger partial charge on any atom is -0.494 e. The first-order chi connectivity index (χ1) is 12.2. The van der Waals surface area contributed by atoms with Crippen LogP contribution in [0, 0.1) is 0 Å². The van der Waals surface area contributed by atoms with E-state index in [1.54, 1.807) is 6.33 Å². The Morgan fingerprint density at radius 3 is 2.40 bits per heavy atom. The molecule has 0 bridgehead atoms. The van der Waals surface area contributed by atoms with Crippen LogP contribution in [0.5, 0.6) is 5.75 Å². The Morgan fingerprint density at radius 2 is 1.68 bits per heavy atom.